The average Bonchev–Trinajstić information content (AvgIpc) is 2.93. The summed E-state index contributed by atoms with van der Waals surface area (Å²) in [6.07, 6.45) is 3.25. The van der Waals surface area contributed by atoms with Crippen LogP contribution in [0.3, 0.4) is 0 Å². The zero-order valence-corrected chi connectivity index (χ0v) is 8.34. The Morgan fingerprint density at radius 3 is 2.19 bits per heavy atom. The Balaban J connectivity index is 0.000000162. The minimum absolute atomic E-state index is 0.444. The van der Waals surface area contributed by atoms with E-state index in [1.807, 2.05) is 12.1 Å². The van der Waals surface area contributed by atoms with Crippen molar-refractivity contribution < 1.29 is 14.0 Å². The first kappa shape index (κ1) is 10.2. The minimum atomic E-state index is -0.536. The number of hydrogen-bond donors (Lipinski definition) is 1. The molecule has 0 saturated carbocycles. The van der Waals surface area contributed by atoms with Crippen molar-refractivity contribution in [3.63, 3.8) is 0 Å². The number of rotatable bonds is 0. The third-order valence-electron chi connectivity index (χ3n) is 2.05. The molecule has 1 aliphatic rings. The van der Waals surface area contributed by atoms with Crippen LogP contribution in [0.4, 0.5) is 5.69 Å². The molecule has 1 aliphatic heterocycles. The molecule has 1 amide bonds. The summed E-state index contributed by atoms with van der Waals surface area (Å²) < 4.78 is 4.58. The standard InChI is InChI=1S/C8H5NO2.C4H4O/c10-7-5-3-1-2-4-6(5)9-8(7)11;1-2-4-5-3-1/h1-4H,(H,9,10,11);1-4H. The van der Waals surface area contributed by atoms with Crippen LogP contribution in [0, 0.1) is 0 Å². The summed E-state index contributed by atoms with van der Waals surface area (Å²) in [5.41, 5.74) is 1.08. The lowest BCUT2D eigenvalue weighted by molar-refractivity contribution is -0.112. The summed E-state index contributed by atoms with van der Waals surface area (Å²) >= 11 is 0. The maximum atomic E-state index is 11.0. The van der Waals surface area contributed by atoms with Crippen molar-refractivity contribution in [1.82, 2.24) is 0 Å². The Kier molecular flexibility index (Phi) is 2.82. The van der Waals surface area contributed by atoms with E-state index in [1.165, 1.54) is 0 Å². The van der Waals surface area contributed by atoms with Gasteiger partial charge in [-0.1, -0.05) is 12.1 Å². The SMILES string of the molecule is O=C1Nc2ccccc2C1=O.c1ccoc1. The number of para-hydroxylation sites is 1. The van der Waals surface area contributed by atoms with Gasteiger partial charge in [0, 0.05) is 0 Å². The summed E-state index contributed by atoms with van der Waals surface area (Å²) in [6, 6.07) is 10.5. The van der Waals surface area contributed by atoms with Gasteiger partial charge < -0.3 is 9.73 Å². The predicted molar refractivity (Wildman–Crippen MR) is 58.1 cm³/mol. The van der Waals surface area contributed by atoms with E-state index in [4.69, 9.17) is 0 Å². The number of benzene rings is 1. The molecular formula is C12H9NO3. The number of amides is 1. The molecule has 80 valence electrons. The van der Waals surface area contributed by atoms with Gasteiger partial charge in [0.2, 0.25) is 0 Å². The number of anilines is 1. The molecule has 0 bridgehead atoms. The average molecular weight is 215 g/mol. The Morgan fingerprint density at radius 1 is 0.938 bits per heavy atom. The molecule has 3 rings (SSSR count). The molecule has 0 aliphatic carbocycles. The van der Waals surface area contributed by atoms with Crippen LogP contribution < -0.4 is 5.32 Å². The smallest absolute Gasteiger partial charge is 0.296 e. The molecular weight excluding hydrogens is 206 g/mol. The highest BCUT2D eigenvalue weighted by Crippen LogP contribution is 2.21. The van der Waals surface area contributed by atoms with E-state index < -0.39 is 11.7 Å². The molecule has 1 aromatic carbocycles. The van der Waals surface area contributed by atoms with Crippen LogP contribution >= 0.6 is 0 Å². The van der Waals surface area contributed by atoms with Crippen molar-refractivity contribution in [1.29, 1.82) is 0 Å². The fourth-order valence-corrected chi connectivity index (χ4v) is 1.32. The number of furan rings is 1. The Labute approximate surface area is 91.9 Å². The van der Waals surface area contributed by atoms with Crippen LogP contribution in [-0.4, -0.2) is 11.7 Å². The van der Waals surface area contributed by atoms with E-state index in [0.717, 1.165) is 0 Å². The summed E-state index contributed by atoms with van der Waals surface area (Å²) in [7, 11) is 0. The van der Waals surface area contributed by atoms with Gasteiger partial charge in [-0.15, -0.1) is 0 Å². The highest BCUT2D eigenvalue weighted by atomic mass is 16.3. The number of ketones is 1. The molecule has 2 aromatic rings. The van der Waals surface area contributed by atoms with Crippen LogP contribution in [-0.2, 0) is 4.79 Å². The van der Waals surface area contributed by atoms with E-state index in [2.05, 4.69) is 9.73 Å². The first-order chi connectivity index (χ1) is 7.79. The number of hydrogen-bond acceptors (Lipinski definition) is 3. The first-order valence-corrected chi connectivity index (χ1v) is 4.71. The molecule has 16 heavy (non-hydrogen) atoms. The van der Waals surface area contributed by atoms with Crippen LogP contribution in [0.15, 0.2) is 53.3 Å². The fraction of sp³-hybridized carbons (Fsp3) is 0. The number of carbonyl (C=O) groups is 2. The minimum Gasteiger partial charge on any atom is -0.473 e. The number of nitrogens with one attached hydrogen (secondary N) is 1. The van der Waals surface area contributed by atoms with Crippen molar-refractivity contribution in [2.24, 2.45) is 0 Å². The van der Waals surface area contributed by atoms with Gasteiger partial charge in [0.05, 0.1) is 23.8 Å². The Morgan fingerprint density at radius 2 is 1.62 bits per heavy atom. The first-order valence-electron chi connectivity index (χ1n) is 4.71. The van der Waals surface area contributed by atoms with E-state index in [1.54, 1.807) is 36.8 Å². The Hall–Kier alpha value is -2.36. The molecule has 4 heteroatoms. The second kappa shape index (κ2) is 4.44. The molecule has 1 aromatic heterocycles. The topological polar surface area (TPSA) is 59.3 Å². The van der Waals surface area contributed by atoms with Gasteiger partial charge in [-0.05, 0) is 24.3 Å². The van der Waals surface area contributed by atoms with Crippen LogP contribution in [0.5, 0.6) is 0 Å². The molecule has 2 heterocycles. The van der Waals surface area contributed by atoms with Gasteiger partial charge in [0.15, 0.2) is 0 Å². The van der Waals surface area contributed by atoms with E-state index in [-0.39, 0.29) is 0 Å². The lowest BCUT2D eigenvalue weighted by atomic mass is 10.1. The van der Waals surface area contributed by atoms with Crippen LogP contribution in [0.2, 0.25) is 0 Å². The zero-order chi connectivity index (χ0) is 11.4. The maximum Gasteiger partial charge on any atom is 0.296 e. The normalized spacial score (nSPS) is 12.5. The third-order valence-corrected chi connectivity index (χ3v) is 2.05. The van der Waals surface area contributed by atoms with E-state index in [0.29, 0.717) is 11.3 Å². The maximum absolute atomic E-state index is 11.0. The molecule has 0 fully saturated rings. The van der Waals surface area contributed by atoms with Crippen molar-refractivity contribution in [2.45, 2.75) is 0 Å². The lowest BCUT2D eigenvalue weighted by Gasteiger charge is -1.91. The van der Waals surface area contributed by atoms with E-state index >= 15 is 0 Å². The summed E-state index contributed by atoms with van der Waals surface area (Å²) in [4.78, 5) is 21.8. The quantitative estimate of drug-likeness (QED) is 0.684. The van der Waals surface area contributed by atoms with E-state index in [9.17, 15) is 9.59 Å². The number of fused-ring (bicyclic) bond motifs is 1. The van der Waals surface area contributed by atoms with Crippen LogP contribution in [0.1, 0.15) is 10.4 Å². The van der Waals surface area contributed by atoms with Crippen LogP contribution in [0.25, 0.3) is 0 Å². The molecule has 0 unspecified atom stereocenters. The summed E-state index contributed by atoms with van der Waals surface area (Å²) in [5.74, 6) is -0.980. The third kappa shape index (κ3) is 2.00. The Bertz CT molecular complexity index is 486. The lowest BCUT2D eigenvalue weighted by Crippen LogP contribution is -2.12. The molecule has 0 saturated heterocycles. The van der Waals surface area contributed by atoms with Crippen molar-refractivity contribution in [2.75, 3.05) is 5.32 Å². The van der Waals surface area contributed by atoms with Gasteiger partial charge in [-0.2, -0.15) is 0 Å². The molecule has 4 nitrogen and oxygen atoms in total. The highest BCUT2D eigenvalue weighted by Gasteiger charge is 2.26. The zero-order valence-electron chi connectivity index (χ0n) is 8.34. The van der Waals surface area contributed by atoms with Gasteiger partial charge in [0.25, 0.3) is 11.7 Å². The second-order valence-electron chi connectivity index (χ2n) is 3.12. The van der Waals surface area contributed by atoms with Gasteiger partial charge in [-0.25, -0.2) is 0 Å². The van der Waals surface area contributed by atoms with Gasteiger partial charge in [-0.3, -0.25) is 9.59 Å². The monoisotopic (exact) mass is 215 g/mol. The summed E-state index contributed by atoms with van der Waals surface area (Å²) in [6.45, 7) is 0. The molecule has 0 atom stereocenters. The predicted octanol–water partition coefficient (Wildman–Crippen LogP) is 2.10. The second-order valence-corrected chi connectivity index (χ2v) is 3.12. The molecule has 1 N–H and O–H groups in total. The van der Waals surface area contributed by atoms with Gasteiger partial charge >= 0.3 is 0 Å². The highest BCUT2D eigenvalue weighted by molar-refractivity contribution is 6.51. The van der Waals surface area contributed by atoms with Crippen molar-refractivity contribution in [3.8, 4) is 0 Å². The number of carbonyl (C=O) groups excluding carboxylic acids is 2. The molecule has 0 radical (unpaired) electrons. The summed E-state index contributed by atoms with van der Waals surface area (Å²) in [5, 5.41) is 2.46. The van der Waals surface area contributed by atoms with Crippen molar-refractivity contribution >= 4 is 17.4 Å². The molecule has 0 spiro atoms. The van der Waals surface area contributed by atoms with Gasteiger partial charge in [0.1, 0.15) is 0 Å². The number of Topliss-reactive ketones (excluding diaryl/α,β-unsaturated/α-hetero) is 1. The van der Waals surface area contributed by atoms with Crippen molar-refractivity contribution in [3.05, 3.63) is 54.5 Å². The fourth-order valence-electron chi connectivity index (χ4n) is 1.32. The largest absolute Gasteiger partial charge is 0.473 e.